The van der Waals surface area contributed by atoms with Gasteiger partial charge in [0.25, 0.3) is 0 Å². The van der Waals surface area contributed by atoms with Gasteiger partial charge in [0.15, 0.2) is 11.5 Å². The van der Waals surface area contributed by atoms with Crippen LogP contribution in [-0.2, 0) is 21.2 Å². The van der Waals surface area contributed by atoms with E-state index in [0.29, 0.717) is 30.0 Å². The van der Waals surface area contributed by atoms with Crippen molar-refractivity contribution in [1.82, 2.24) is 14.6 Å². The van der Waals surface area contributed by atoms with Gasteiger partial charge in [0.1, 0.15) is 5.52 Å². The van der Waals surface area contributed by atoms with Crippen molar-refractivity contribution < 1.29 is 17.6 Å². The molecule has 1 aromatic heterocycles. The standard InChI is InChI=1S/C19H29N3O4S/c1-4-19-21-17-11-16(7-8-18(17)26-19)27(23,24)20-9-5-6-10-22-12-14(2)25-15(3)13-22/h7-8,11,14-15,20H,4-6,9-10,12-13H2,1-3H3/t14-,15-/m0/s1. The highest BCUT2D eigenvalue weighted by Crippen LogP contribution is 2.20. The Morgan fingerprint density at radius 1 is 1.22 bits per heavy atom. The van der Waals surface area contributed by atoms with E-state index in [9.17, 15) is 8.42 Å². The summed E-state index contributed by atoms with van der Waals surface area (Å²) in [7, 11) is -3.54. The molecule has 0 radical (unpaired) electrons. The molecule has 3 rings (SSSR count). The van der Waals surface area contributed by atoms with E-state index in [4.69, 9.17) is 9.15 Å². The Labute approximate surface area is 161 Å². The zero-order chi connectivity index (χ0) is 19.4. The van der Waals surface area contributed by atoms with Crippen LogP contribution >= 0.6 is 0 Å². The van der Waals surface area contributed by atoms with Crippen molar-refractivity contribution in [3.05, 3.63) is 24.1 Å². The fourth-order valence-corrected chi connectivity index (χ4v) is 4.58. The highest BCUT2D eigenvalue weighted by atomic mass is 32.2. The third-order valence-corrected chi connectivity index (χ3v) is 6.16. The van der Waals surface area contributed by atoms with Gasteiger partial charge in [-0.15, -0.1) is 0 Å². The number of hydrogen-bond donors (Lipinski definition) is 1. The number of aromatic nitrogens is 1. The first-order valence-electron chi connectivity index (χ1n) is 9.64. The molecule has 1 aromatic carbocycles. The van der Waals surface area contributed by atoms with E-state index < -0.39 is 10.0 Å². The Morgan fingerprint density at radius 3 is 2.67 bits per heavy atom. The van der Waals surface area contributed by atoms with Crippen molar-refractivity contribution in [2.75, 3.05) is 26.2 Å². The molecular weight excluding hydrogens is 366 g/mol. The molecule has 1 N–H and O–H groups in total. The largest absolute Gasteiger partial charge is 0.441 e. The second-order valence-corrected chi connectivity index (χ2v) is 8.98. The van der Waals surface area contributed by atoms with E-state index >= 15 is 0 Å². The third kappa shape index (κ3) is 5.28. The Morgan fingerprint density at radius 2 is 1.96 bits per heavy atom. The van der Waals surface area contributed by atoms with Gasteiger partial charge in [0.05, 0.1) is 17.1 Å². The monoisotopic (exact) mass is 395 g/mol. The SMILES string of the molecule is CCc1nc2cc(S(=O)(=O)NCCCCN3C[C@H](C)O[C@@H](C)C3)ccc2o1. The zero-order valence-electron chi connectivity index (χ0n) is 16.3. The van der Waals surface area contributed by atoms with Gasteiger partial charge in [-0.05, 0) is 51.4 Å². The summed E-state index contributed by atoms with van der Waals surface area (Å²) >= 11 is 0. The lowest BCUT2D eigenvalue weighted by atomic mass is 10.2. The number of aryl methyl sites for hydroxylation is 1. The zero-order valence-corrected chi connectivity index (χ0v) is 17.1. The molecule has 0 bridgehead atoms. The minimum Gasteiger partial charge on any atom is -0.441 e. The van der Waals surface area contributed by atoms with E-state index in [0.717, 1.165) is 32.5 Å². The summed E-state index contributed by atoms with van der Waals surface area (Å²) in [6.07, 6.45) is 2.93. The smallest absolute Gasteiger partial charge is 0.240 e. The predicted molar refractivity (Wildman–Crippen MR) is 104 cm³/mol. The number of ether oxygens (including phenoxy) is 1. The highest BCUT2D eigenvalue weighted by molar-refractivity contribution is 7.89. The first-order chi connectivity index (χ1) is 12.9. The van der Waals surface area contributed by atoms with Crippen molar-refractivity contribution in [3.8, 4) is 0 Å². The van der Waals surface area contributed by atoms with Gasteiger partial charge in [-0.25, -0.2) is 18.1 Å². The Hall–Kier alpha value is -1.48. The van der Waals surface area contributed by atoms with Crippen LogP contribution in [-0.4, -0.2) is 56.7 Å². The van der Waals surface area contributed by atoms with Crippen molar-refractivity contribution in [2.24, 2.45) is 0 Å². The number of hydrogen-bond acceptors (Lipinski definition) is 6. The van der Waals surface area contributed by atoms with Gasteiger partial charge in [-0.2, -0.15) is 0 Å². The van der Waals surface area contributed by atoms with Gasteiger partial charge in [-0.3, -0.25) is 4.90 Å². The number of benzene rings is 1. The molecule has 1 saturated heterocycles. The molecule has 0 saturated carbocycles. The molecule has 2 aromatic rings. The highest BCUT2D eigenvalue weighted by Gasteiger charge is 2.21. The maximum Gasteiger partial charge on any atom is 0.240 e. The van der Waals surface area contributed by atoms with E-state index in [-0.39, 0.29) is 17.1 Å². The fourth-order valence-electron chi connectivity index (χ4n) is 3.49. The maximum atomic E-state index is 12.5. The topological polar surface area (TPSA) is 84.7 Å². The van der Waals surface area contributed by atoms with Crippen molar-refractivity contribution in [2.45, 2.75) is 57.1 Å². The van der Waals surface area contributed by atoms with Crippen molar-refractivity contribution in [3.63, 3.8) is 0 Å². The molecule has 0 unspecified atom stereocenters. The molecule has 2 atom stereocenters. The molecule has 150 valence electrons. The second-order valence-electron chi connectivity index (χ2n) is 7.21. The Balaban J connectivity index is 1.48. The third-order valence-electron chi connectivity index (χ3n) is 4.70. The van der Waals surface area contributed by atoms with Crippen LogP contribution in [0.25, 0.3) is 11.1 Å². The molecule has 7 nitrogen and oxygen atoms in total. The lowest BCUT2D eigenvalue weighted by molar-refractivity contribution is -0.0681. The Bertz CT molecular complexity index is 855. The quantitative estimate of drug-likeness (QED) is 0.692. The van der Waals surface area contributed by atoms with Gasteiger partial charge in [0.2, 0.25) is 10.0 Å². The van der Waals surface area contributed by atoms with Crippen LogP contribution in [0, 0.1) is 0 Å². The van der Waals surface area contributed by atoms with Gasteiger partial charge >= 0.3 is 0 Å². The van der Waals surface area contributed by atoms with Crippen LogP contribution < -0.4 is 4.72 Å². The second kappa shape index (κ2) is 8.68. The molecule has 27 heavy (non-hydrogen) atoms. The molecule has 8 heteroatoms. The van der Waals surface area contributed by atoms with E-state index in [1.807, 2.05) is 6.92 Å². The van der Waals surface area contributed by atoms with Crippen molar-refractivity contribution in [1.29, 1.82) is 0 Å². The average Bonchev–Trinajstić information content (AvgIpc) is 3.03. The van der Waals surface area contributed by atoms with Crippen LogP contribution in [0.2, 0.25) is 0 Å². The molecular formula is C19H29N3O4S. The summed E-state index contributed by atoms with van der Waals surface area (Å²) in [5.74, 6) is 0.610. The van der Waals surface area contributed by atoms with Gasteiger partial charge < -0.3 is 9.15 Å². The lowest BCUT2D eigenvalue weighted by Gasteiger charge is -2.35. The van der Waals surface area contributed by atoms with E-state index in [1.165, 1.54) is 0 Å². The van der Waals surface area contributed by atoms with Crippen LogP contribution in [0.3, 0.4) is 0 Å². The summed E-state index contributed by atoms with van der Waals surface area (Å²) in [4.78, 5) is 6.91. The van der Waals surface area contributed by atoms with E-state index in [1.54, 1.807) is 18.2 Å². The number of morpholine rings is 1. The molecule has 0 spiro atoms. The van der Waals surface area contributed by atoms with Crippen LogP contribution in [0.5, 0.6) is 0 Å². The number of nitrogens with one attached hydrogen (secondary N) is 1. The van der Waals surface area contributed by atoms with Gasteiger partial charge in [-0.1, -0.05) is 6.92 Å². The minimum absolute atomic E-state index is 0.224. The van der Waals surface area contributed by atoms with Crippen LogP contribution in [0.15, 0.2) is 27.5 Å². The first-order valence-corrected chi connectivity index (χ1v) is 11.1. The molecule has 1 aliphatic rings. The van der Waals surface area contributed by atoms with Crippen LogP contribution in [0.1, 0.15) is 39.5 Å². The normalized spacial score (nSPS) is 21.7. The van der Waals surface area contributed by atoms with E-state index in [2.05, 4.69) is 28.5 Å². The summed E-state index contributed by atoms with van der Waals surface area (Å²) in [6, 6.07) is 4.79. The Kier molecular flexibility index (Phi) is 6.52. The number of unbranched alkanes of at least 4 members (excludes halogenated alkanes) is 1. The van der Waals surface area contributed by atoms with Gasteiger partial charge in [0, 0.05) is 26.1 Å². The average molecular weight is 396 g/mol. The lowest BCUT2D eigenvalue weighted by Crippen LogP contribution is -2.45. The molecule has 0 amide bonds. The first kappa shape index (κ1) is 20.3. The molecule has 2 heterocycles. The molecule has 0 aliphatic carbocycles. The summed E-state index contributed by atoms with van der Waals surface area (Å²) in [5, 5.41) is 0. The molecule has 1 aliphatic heterocycles. The maximum absolute atomic E-state index is 12.5. The number of sulfonamides is 1. The summed E-state index contributed by atoms with van der Waals surface area (Å²) in [5.41, 5.74) is 1.19. The van der Waals surface area contributed by atoms with Crippen molar-refractivity contribution >= 4 is 21.1 Å². The number of oxazole rings is 1. The summed E-state index contributed by atoms with van der Waals surface area (Å²) in [6.45, 7) is 9.39. The number of nitrogens with zero attached hydrogens (tertiary/aromatic N) is 2. The number of fused-ring (bicyclic) bond motifs is 1. The molecule has 1 fully saturated rings. The fraction of sp³-hybridized carbons (Fsp3) is 0.632. The summed E-state index contributed by atoms with van der Waals surface area (Å²) < 4.78 is 39.0. The number of rotatable bonds is 8. The van der Waals surface area contributed by atoms with Crippen LogP contribution in [0.4, 0.5) is 0 Å². The minimum atomic E-state index is -3.54. The predicted octanol–water partition coefficient (Wildman–Crippen LogP) is 2.56.